The van der Waals surface area contributed by atoms with Gasteiger partial charge in [-0.3, -0.25) is 4.72 Å². The third kappa shape index (κ3) is 3.41. The minimum atomic E-state index is -3.99. The summed E-state index contributed by atoms with van der Waals surface area (Å²) in [5, 5.41) is 0. The number of morpholine rings is 1. The molecule has 1 aromatic rings. The zero-order valence-corrected chi connectivity index (χ0v) is 12.1. The van der Waals surface area contributed by atoms with Crippen molar-refractivity contribution in [2.75, 3.05) is 31.0 Å². The Bertz CT molecular complexity index is 553. The largest absolute Gasteiger partial charge is 0.379 e. The van der Waals surface area contributed by atoms with E-state index < -0.39 is 27.5 Å². The van der Waals surface area contributed by atoms with Crippen molar-refractivity contribution in [1.82, 2.24) is 4.31 Å². The van der Waals surface area contributed by atoms with Gasteiger partial charge >= 0.3 is 10.2 Å². The van der Waals surface area contributed by atoms with Gasteiger partial charge in [0.05, 0.1) is 13.2 Å². The molecule has 1 saturated heterocycles. The summed E-state index contributed by atoms with van der Waals surface area (Å²) < 4.78 is 59.3. The molecule has 0 aromatic heterocycles. The monoisotopic (exact) mass is 356 g/mol. The molecule has 1 aromatic carbocycles. The Hall–Kier alpha value is -0.770. The van der Waals surface area contributed by atoms with Gasteiger partial charge in [-0.05, 0) is 12.1 Å². The van der Waals surface area contributed by atoms with E-state index >= 15 is 0 Å². The van der Waals surface area contributed by atoms with E-state index in [2.05, 4.69) is 15.9 Å². The summed E-state index contributed by atoms with van der Waals surface area (Å²) in [7, 11) is -3.99. The molecular formula is C10H11BrF2N2O3S. The first-order chi connectivity index (χ1) is 8.90. The van der Waals surface area contributed by atoms with E-state index in [9.17, 15) is 17.2 Å². The standard InChI is InChI=1S/C10H11BrF2N2O3S/c11-7-5-8(12)10(9(13)6-7)14-19(16,17)15-1-3-18-4-2-15/h5-6,14H,1-4H2. The molecule has 1 fully saturated rings. The van der Waals surface area contributed by atoms with E-state index in [1.54, 1.807) is 0 Å². The molecule has 0 saturated carbocycles. The van der Waals surface area contributed by atoms with Crippen LogP contribution in [-0.2, 0) is 14.9 Å². The number of ether oxygens (including phenoxy) is 1. The van der Waals surface area contributed by atoms with E-state index in [1.165, 1.54) is 0 Å². The van der Waals surface area contributed by atoms with Crippen LogP contribution in [-0.4, -0.2) is 39.0 Å². The van der Waals surface area contributed by atoms with E-state index in [4.69, 9.17) is 4.74 Å². The van der Waals surface area contributed by atoms with Crippen molar-refractivity contribution >= 4 is 31.8 Å². The first-order valence-electron chi connectivity index (χ1n) is 5.40. The Morgan fingerprint density at radius 1 is 1.21 bits per heavy atom. The van der Waals surface area contributed by atoms with Gasteiger partial charge in [0.2, 0.25) is 0 Å². The highest BCUT2D eigenvalue weighted by molar-refractivity contribution is 9.10. The second kappa shape index (κ2) is 5.70. The molecule has 0 bridgehead atoms. The fourth-order valence-electron chi connectivity index (χ4n) is 1.62. The number of halogens is 3. The van der Waals surface area contributed by atoms with E-state index in [-0.39, 0.29) is 30.8 Å². The predicted molar refractivity (Wildman–Crippen MR) is 69.0 cm³/mol. The first-order valence-corrected chi connectivity index (χ1v) is 7.63. The van der Waals surface area contributed by atoms with Crippen LogP contribution in [0.2, 0.25) is 0 Å². The molecule has 0 atom stereocenters. The highest BCUT2D eigenvalue weighted by atomic mass is 79.9. The number of hydrogen-bond acceptors (Lipinski definition) is 3. The third-order valence-corrected chi connectivity index (χ3v) is 4.51. The maximum atomic E-state index is 13.6. The summed E-state index contributed by atoms with van der Waals surface area (Å²) in [5.74, 6) is -1.97. The zero-order valence-electron chi connectivity index (χ0n) is 9.70. The maximum absolute atomic E-state index is 13.6. The molecule has 1 aliphatic heterocycles. The van der Waals surface area contributed by atoms with Gasteiger partial charge in [0.25, 0.3) is 0 Å². The molecule has 106 valence electrons. The average Bonchev–Trinajstić information content (AvgIpc) is 2.35. The summed E-state index contributed by atoms with van der Waals surface area (Å²) in [4.78, 5) is 0. The lowest BCUT2D eigenvalue weighted by atomic mass is 10.3. The van der Waals surface area contributed by atoms with Crippen molar-refractivity contribution < 1.29 is 21.9 Å². The van der Waals surface area contributed by atoms with Gasteiger partial charge < -0.3 is 4.74 Å². The Morgan fingerprint density at radius 2 is 1.74 bits per heavy atom. The Kier molecular flexibility index (Phi) is 4.39. The Labute approximate surface area is 117 Å². The van der Waals surface area contributed by atoms with Gasteiger partial charge in [-0.2, -0.15) is 12.7 Å². The molecule has 1 aliphatic rings. The minimum absolute atomic E-state index is 0.148. The van der Waals surface area contributed by atoms with Crippen molar-refractivity contribution in [3.63, 3.8) is 0 Å². The lowest BCUT2D eigenvalue weighted by Gasteiger charge is -2.26. The molecule has 0 aliphatic carbocycles. The van der Waals surface area contributed by atoms with Crippen LogP contribution >= 0.6 is 15.9 Å². The molecule has 1 heterocycles. The van der Waals surface area contributed by atoms with Crippen LogP contribution in [0.1, 0.15) is 0 Å². The topological polar surface area (TPSA) is 58.6 Å². The van der Waals surface area contributed by atoms with Gasteiger partial charge in [-0.25, -0.2) is 8.78 Å². The molecule has 9 heteroatoms. The molecule has 0 amide bonds. The lowest BCUT2D eigenvalue weighted by Crippen LogP contribution is -2.43. The lowest BCUT2D eigenvalue weighted by molar-refractivity contribution is 0.0733. The van der Waals surface area contributed by atoms with Crippen molar-refractivity contribution in [3.8, 4) is 0 Å². The van der Waals surface area contributed by atoms with Crippen molar-refractivity contribution in [2.45, 2.75) is 0 Å². The first kappa shape index (κ1) is 14.6. The maximum Gasteiger partial charge on any atom is 0.301 e. The smallest absolute Gasteiger partial charge is 0.301 e. The second-order valence-corrected chi connectivity index (χ2v) is 6.45. The van der Waals surface area contributed by atoms with Crippen molar-refractivity contribution in [3.05, 3.63) is 28.2 Å². The number of nitrogens with zero attached hydrogens (tertiary/aromatic N) is 1. The Balaban J connectivity index is 2.25. The second-order valence-electron chi connectivity index (χ2n) is 3.86. The van der Waals surface area contributed by atoms with E-state index in [0.29, 0.717) is 0 Å². The summed E-state index contributed by atoms with van der Waals surface area (Å²) in [6.07, 6.45) is 0. The highest BCUT2D eigenvalue weighted by Gasteiger charge is 2.26. The van der Waals surface area contributed by atoms with Gasteiger partial charge in [0, 0.05) is 17.6 Å². The van der Waals surface area contributed by atoms with Gasteiger partial charge in [-0.1, -0.05) is 15.9 Å². The molecule has 1 N–H and O–H groups in total. The van der Waals surface area contributed by atoms with Crippen LogP contribution in [0.5, 0.6) is 0 Å². The van der Waals surface area contributed by atoms with Crippen molar-refractivity contribution in [2.24, 2.45) is 0 Å². The fraction of sp³-hybridized carbons (Fsp3) is 0.400. The summed E-state index contributed by atoms with van der Waals surface area (Å²) >= 11 is 2.92. The van der Waals surface area contributed by atoms with Crippen molar-refractivity contribution in [1.29, 1.82) is 0 Å². The normalized spacial score (nSPS) is 17.4. The van der Waals surface area contributed by atoms with E-state index in [1.807, 2.05) is 4.72 Å². The summed E-state index contributed by atoms with van der Waals surface area (Å²) in [6, 6.07) is 1.97. The molecule has 19 heavy (non-hydrogen) atoms. The third-order valence-electron chi connectivity index (χ3n) is 2.55. The number of rotatable bonds is 3. The predicted octanol–water partition coefficient (Wildman–Crippen LogP) is 1.72. The van der Waals surface area contributed by atoms with Gasteiger partial charge in [-0.15, -0.1) is 0 Å². The number of anilines is 1. The van der Waals surface area contributed by atoms with Crippen LogP contribution in [0.4, 0.5) is 14.5 Å². The number of hydrogen-bond donors (Lipinski definition) is 1. The molecular weight excluding hydrogens is 346 g/mol. The van der Waals surface area contributed by atoms with E-state index in [0.717, 1.165) is 16.4 Å². The van der Waals surface area contributed by atoms with Crippen LogP contribution < -0.4 is 4.72 Å². The molecule has 5 nitrogen and oxygen atoms in total. The number of benzene rings is 1. The zero-order chi connectivity index (χ0) is 14.0. The SMILES string of the molecule is O=S(=O)(Nc1c(F)cc(Br)cc1F)N1CCOCC1. The Morgan fingerprint density at radius 3 is 2.26 bits per heavy atom. The summed E-state index contributed by atoms with van der Waals surface area (Å²) in [6.45, 7) is 0.808. The van der Waals surface area contributed by atoms with Gasteiger partial charge in [0.1, 0.15) is 5.69 Å². The molecule has 0 radical (unpaired) electrons. The molecule has 2 rings (SSSR count). The van der Waals surface area contributed by atoms with Crippen LogP contribution in [0, 0.1) is 11.6 Å². The quantitative estimate of drug-likeness (QED) is 0.896. The molecule has 0 spiro atoms. The minimum Gasteiger partial charge on any atom is -0.379 e. The van der Waals surface area contributed by atoms with Gasteiger partial charge in [0.15, 0.2) is 11.6 Å². The van der Waals surface area contributed by atoms with Crippen LogP contribution in [0.15, 0.2) is 16.6 Å². The van der Waals surface area contributed by atoms with Crippen LogP contribution in [0.25, 0.3) is 0 Å². The fourth-order valence-corrected chi connectivity index (χ4v) is 3.23. The highest BCUT2D eigenvalue weighted by Crippen LogP contribution is 2.25. The molecule has 0 unspecified atom stereocenters. The number of nitrogens with one attached hydrogen (secondary N) is 1. The van der Waals surface area contributed by atoms with Crippen LogP contribution in [0.3, 0.4) is 0 Å². The average molecular weight is 357 g/mol. The summed E-state index contributed by atoms with van der Waals surface area (Å²) in [5.41, 5.74) is -0.685.